The molecule has 0 saturated carbocycles. The van der Waals surface area contributed by atoms with Crippen molar-refractivity contribution < 1.29 is 0 Å². The van der Waals surface area contributed by atoms with E-state index in [1.165, 1.54) is 0 Å². The van der Waals surface area contributed by atoms with Gasteiger partial charge >= 0.3 is 0 Å². The summed E-state index contributed by atoms with van der Waals surface area (Å²) in [6, 6.07) is 6.05. The fourth-order valence-corrected chi connectivity index (χ4v) is 1.21. The second-order valence-corrected chi connectivity index (χ2v) is 2.91. The van der Waals surface area contributed by atoms with Gasteiger partial charge in [-0.25, -0.2) is 0 Å². The van der Waals surface area contributed by atoms with Crippen molar-refractivity contribution in [3.63, 3.8) is 0 Å². The molecule has 1 aromatic rings. The van der Waals surface area contributed by atoms with Gasteiger partial charge in [-0.05, 0) is 31.7 Å². The Bertz CT molecular complexity index is 324. The molecule has 0 N–H and O–H groups in total. The molecule has 1 rings (SSSR count). The van der Waals surface area contributed by atoms with Crippen LogP contribution in [0.4, 0.5) is 5.69 Å². The van der Waals surface area contributed by atoms with Crippen LogP contribution in [-0.2, 0) is 0 Å². The van der Waals surface area contributed by atoms with Gasteiger partial charge in [0.05, 0.1) is 5.69 Å². The number of benzene rings is 1. The van der Waals surface area contributed by atoms with Crippen LogP contribution in [0.3, 0.4) is 0 Å². The lowest BCUT2D eigenvalue weighted by Crippen LogP contribution is -1.82. The summed E-state index contributed by atoms with van der Waals surface area (Å²) in [5, 5.41) is 0. The largest absolute Gasteiger partial charge is 0.264 e. The lowest BCUT2D eigenvalue weighted by molar-refractivity contribution is 1.38. The smallest absolute Gasteiger partial charge is 0.0726 e. The maximum Gasteiger partial charge on any atom is 0.0726 e. The zero-order valence-corrected chi connectivity index (χ0v) is 7.59. The average Bonchev–Trinajstić information content (AvgIpc) is 2.03. The van der Waals surface area contributed by atoms with E-state index in [-0.39, 0.29) is 0 Å². The van der Waals surface area contributed by atoms with Crippen molar-refractivity contribution in [1.29, 1.82) is 0 Å². The average molecular weight is 159 g/mol. The number of para-hydroxylation sites is 1. The Morgan fingerprint density at radius 3 is 2.50 bits per heavy atom. The van der Waals surface area contributed by atoms with Gasteiger partial charge in [-0.15, -0.1) is 0 Å². The summed E-state index contributed by atoms with van der Waals surface area (Å²) in [7, 11) is 0. The Morgan fingerprint density at radius 2 is 2.08 bits per heavy atom. The number of aryl methyl sites for hydroxylation is 1. The summed E-state index contributed by atoms with van der Waals surface area (Å²) < 4.78 is 0. The van der Waals surface area contributed by atoms with Crippen molar-refractivity contribution in [2.75, 3.05) is 0 Å². The highest BCUT2D eigenvalue weighted by Crippen LogP contribution is 2.27. The molecule has 0 bridgehead atoms. The molecule has 0 heterocycles. The second-order valence-electron chi connectivity index (χ2n) is 2.91. The van der Waals surface area contributed by atoms with Gasteiger partial charge in [0.15, 0.2) is 0 Å². The van der Waals surface area contributed by atoms with E-state index in [1.807, 2.05) is 32.0 Å². The molecular weight excluding hydrogens is 146 g/mol. The highest BCUT2D eigenvalue weighted by molar-refractivity contribution is 5.75. The third-order valence-corrected chi connectivity index (χ3v) is 1.86. The van der Waals surface area contributed by atoms with Gasteiger partial charge in [0.1, 0.15) is 0 Å². The number of hydrogen-bond donors (Lipinski definition) is 0. The van der Waals surface area contributed by atoms with Crippen molar-refractivity contribution in [3.8, 4) is 0 Å². The minimum atomic E-state index is 0.949. The van der Waals surface area contributed by atoms with Crippen molar-refractivity contribution in [2.45, 2.75) is 13.8 Å². The summed E-state index contributed by atoms with van der Waals surface area (Å²) >= 11 is 0. The molecule has 1 nitrogen and oxygen atoms in total. The van der Waals surface area contributed by atoms with Crippen molar-refractivity contribution in [2.24, 2.45) is 4.99 Å². The Kier molecular flexibility index (Phi) is 2.44. The number of nitrogens with zero attached hydrogens (tertiary/aromatic N) is 1. The molecular formula is C11H13N. The molecule has 0 aliphatic heterocycles. The monoisotopic (exact) mass is 159 g/mol. The first-order valence-corrected chi connectivity index (χ1v) is 3.89. The van der Waals surface area contributed by atoms with E-state index in [2.05, 4.69) is 18.3 Å². The van der Waals surface area contributed by atoms with Gasteiger partial charge in [-0.1, -0.05) is 24.8 Å². The maximum atomic E-state index is 3.98. The van der Waals surface area contributed by atoms with E-state index >= 15 is 0 Å². The minimum Gasteiger partial charge on any atom is -0.264 e. The molecule has 0 spiro atoms. The zero-order chi connectivity index (χ0) is 9.14. The topological polar surface area (TPSA) is 12.4 Å². The summed E-state index contributed by atoms with van der Waals surface area (Å²) in [4.78, 5) is 3.98. The van der Waals surface area contributed by atoms with Crippen LogP contribution in [0.15, 0.2) is 29.8 Å². The number of aliphatic imine (C=N–C) groups is 1. The zero-order valence-electron chi connectivity index (χ0n) is 7.59. The van der Waals surface area contributed by atoms with E-state index in [9.17, 15) is 0 Å². The normalized spacial score (nSPS) is 9.50. The van der Waals surface area contributed by atoms with Crippen LogP contribution in [0.1, 0.15) is 18.1 Å². The fourth-order valence-electron chi connectivity index (χ4n) is 1.21. The van der Waals surface area contributed by atoms with Crippen LogP contribution in [0.2, 0.25) is 0 Å². The molecule has 0 aliphatic rings. The highest BCUT2D eigenvalue weighted by atomic mass is 14.7. The van der Waals surface area contributed by atoms with E-state index < -0.39 is 0 Å². The van der Waals surface area contributed by atoms with Crippen molar-refractivity contribution in [3.05, 3.63) is 35.9 Å². The summed E-state index contributed by atoms with van der Waals surface area (Å²) in [6.07, 6.45) is 0. The second kappa shape index (κ2) is 3.35. The predicted octanol–water partition coefficient (Wildman–Crippen LogP) is 3.36. The SMILES string of the molecule is C=Nc1c(C)cccc1C(=C)C. The first-order chi connectivity index (χ1) is 5.66. The van der Waals surface area contributed by atoms with Gasteiger partial charge < -0.3 is 0 Å². The summed E-state index contributed by atoms with van der Waals surface area (Å²) in [6.45, 7) is 11.4. The van der Waals surface area contributed by atoms with Crippen LogP contribution in [0, 0.1) is 6.92 Å². The molecule has 1 aromatic carbocycles. The molecule has 62 valence electrons. The van der Waals surface area contributed by atoms with Gasteiger partial charge in [0, 0.05) is 5.56 Å². The molecule has 0 aromatic heterocycles. The van der Waals surface area contributed by atoms with Crippen molar-refractivity contribution >= 4 is 18.0 Å². The molecule has 1 heteroatoms. The van der Waals surface area contributed by atoms with Gasteiger partial charge in [0.25, 0.3) is 0 Å². The van der Waals surface area contributed by atoms with Crippen LogP contribution in [0.25, 0.3) is 5.57 Å². The Labute approximate surface area is 73.5 Å². The van der Waals surface area contributed by atoms with Crippen LogP contribution < -0.4 is 0 Å². The first kappa shape index (κ1) is 8.72. The lowest BCUT2D eigenvalue weighted by Gasteiger charge is -2.06. The molecule has 0 saturated heterocycles. The molecule has 0 radical (unpaired) electrons. The van der Waals surface area contributed by atoms with Gasteiger partial charge in [-0.2, -0.15) is 0 Å². The van der Waals surface area contributed by atoms with E-state index in [1.54, 1.807) is 0 Å². The quantitative estimate of drug-likeness (QED) is 0.587. The Balaban J connectivity index is 3.37. The summed E-state index contributed by atoms with van der Waals surface area (Å²) in [5.74, 6) is 0. The van der Waals surface area contributed by atoms with Crippen LogP contribution in [0.5, 0.6) is 0 Å². The molecule has 0 amide bonds. The van der Waals surface area contributed by atoms with Gasteiger partial charge in [-0.3, -0.25) is 4.99 Å². The molecule has 0 unspecified atom stereocenters. The van der Waals surface area contributed by atoms with E-state index in [0.717, 1.165) is 22.4 Å². The van der Waals surface area contributed by atoms with Crippen LogP contribution in [-0.4, -0.2) is 6.72 Å². The molecule has 0 aliphatic carbocycles. The highest BCUT2D eigenvalue weighted by Gasteiger charge is 2.02. The number of hydrogen-bond acceptors (Lipinski definition) is 1. The lowest BCUT2D eigenvalue weighted by atomic mass is 10.0. The fraction of sp³-hybridized carbons (Fsp3) is 0.182. The summed E-state index contributed by atoms with van der Waals surface area (Å²) in [5.41, 5.74) is 4.21. The van der Waals surface area contributed by atoms with Crippen molar-refractivity contribution in [1.82, 2.24) is 0 Å². The Hall–Kier alpha value is -1.37. The Morgan fingerprint density at radius 1 is 1.42 bits per heavy atom. The van der Waals surface area contributed by atoms with Gasteiger partial charge in [0.2, 0.25) is 0 Å². The molecule has 0 fully saturated rings. The van der Waals surface area contributed by atoms with E-state index in [4.69, 9.17) is 0 Å². The number of allylic oxidation sites excluding steroid dienone is 1. The number of rotatable bonds is 2. The third-order valence-electron chi connectivity index (χ3n) is 1.86. The van der Waals surface area contributed by atoms with E-state index in [0.29, 0.717) is 0 Å². The first-order valence-electron chi connectivity index (χ1n) is 3.89. The maximum absolute atomic E-state index is 3.98. The third kappa shape index (κ3) is 1.45. The molecule has 0 atom stereocenters. The standard InChI is InChI=1S/C11H13N/c1-8(2)10-7-5-6-9(3)11(10)12-4/h5-7H,1,4H2,2-3H3. The predicted molar refractivity (Wildman–Crippen MR) is 55.1 cm³/mol. The molecule has 12 heavy (non-hydrogen) atoms. The van der Waals surface area contributed by atoms with Crippen LogP contribution >= 0.6 is 0 Å². The minimum absolute atomic E-state index is 0.949.